The highest BCUT2D eigenvalue weighted by atomic mass is 79.9. The third-order valence-electron chi connectivity index (χ3n) is 3.96. The van der Waals surface area contributed by atoms with Crippen LogP contribution in [0.2, 0.25) is 0 Å². The predicted octanol–water partition coefficient (Wildman–Crippen LogP) is 2.91. The van der Waals surface area contributed by atoms with Crippen molar-refractivity contribution in [2.24, 2.45) is 11.1 Å². The molecule has 0 aromatic heterocycles. The highest BCUT2D eigenvalue weighted by Crippen LogP contribution is 2.54. The molecule has 1 aliphatic carbocycles. The first kappa shape index (κ1) is 12.4. The van der Waals surface area contributed by atoms with Crippen LogP contribution < -0.4 is 11.1 Å². The third-order valence-corrected chi connectivity index (χ3v) is 4.65. The summed E-state index contributed by atoms with van der Waals surface area (Å²) in [5.74, 6) is -0.298. The molecular formula is C13H17BrN2O. The SMILES string of the molecule is CC1(C(C)(Nc2ccccc2Br)C(N)=O)CC1. The van der Waals surface area contributed by atoms with Gasteiger partial charge in [-0.1, -0.05) is 19.1 Å². The van der Waals surface area contributed by atoms with Crippen molar-refractivity contribution in [3.63, 3.8) is 0 Å². The molecule has 1 saturated carbocycles. The van der Waals surface area contributed by atoms with Crippen molar-refractivity contribution in [2.45, 2.75) is 32.2 Å². The van der Waals surface area contributed by atoms with Crippen LogP contribution in [0.25, 0.3) is 0 Å². The van der Waals surface area contributed by atoms with E-state index in [0.717, 1.165) is 23.0 Å². The van der Waals surface area contributed by atoms with E-state index in [9.17, 15) is 4.79 Å². The first-order valence-electron chi connectivity index (χ1n) is 5.72. The molecule has 4 heteroatoms. The number of anilines is 1. The number of para-hydroxylation sites is 1. The number of carbonyl (C=O) groups excluding carboxylic acids is 1. The molecule has 3 N–H and O–H groups in total. The zero-order valence-corrected chi connectivity index (χ0v) is 11.7. The zero-order chi connectivity index (χ0) is 12.7. The molecule has 2 rings (SSSR count). The molecular weight excluding hydrogens is 280 g/mol. The van der Waals surface area contributed by atoms with E-state index >= 15 is 0 Å². The lowest BCUT2D eigenvalue weighted by Crippen LogP contribution is -2.54. The first-order valence-corrected chi connectivity index (χ1v) is 6.51. The van der Waals surface area contributed by atoms with Crippen molar-refractivity contribution in [3.05, 3.63) is 28.7 Å². The molecule has 1 fully saturated rings. The van der Waals surface area contributed by atoms with Gasteiger partial charge in [0, 0.05) is 10.2 Å². The number of amides is 1. The Hall–Kier alpha value is -1.03. The molecule has 1 unspecified atom stereocenters. The summed E-state index contributed by atoms with van der Waals surface area (Å²) in [4.78, 5) is 11.8. The minimum atomic E-state index is -0.698. The molecule has 92 valence electrons. The second-order valence-electron chi connectivity index (χ2n) is 5.15. The van der Waals surface area contributed by atoms with Gasteiger partial charge in [0.1, 0.15) is 5.54 Å². The molecule has 0 aliphatic heterocycles. The minimum Gasteiger partial charge on any atom is -0.370 e. The quantitative estimate of drug-likeness (QED) is 0.898. The summed E-state index contributed by atoms with van der Waals surface area (Å²) in [7, 11) is 0. The average Bonchev–Trinajstić information content (AvgIpc) is 3.01. The predicted molar refractivity (Wildman–Crippen MR) is 72.7 cm³/mol. The number of hydrogen-bond acceptors (Lipinski definition) is 2. The van der Waals surface area contributed by atoms with Gasteiger partial charge in [0.25, 0.3) is 0 Å². The maximum Gasteiger partial charge on any atom is 0.243 e. The second kappa shape index (κ2) is 4.02. The second-order valence-corrected chi connectivity index (χ2v) is 6.01. The van der Waals surface area contributed by atoms with Crippen molar-refractivity contribution in [1.29, 1.82) is 0 Å². The van der Waals surface area contributed by atoms with Gasteiger partial charge in [-0.25, -0.2) is 0 Å². The highest BCUT2D eigenvalue weighted by Gasteiger charge is 2.56. The summed E-state index contributed by atoms with van der Waals surface area (Å²) in [6.45, 7) is 3.99. The average molecular weight is 297 g/mol. The van der Waals surface area contributed by atoms with Gasteiger partial charge in [-0.15, -0.1) is 0 Å². The Balaban J connectivity index is 2.32. The molecule has 17 heavy (non-hydrogen) atoms. The molecule has 0 spiro atoms. The summed E-state index contributed by atoms with van der Waals surface area (Å²) in [5.41, 5.74) is 5.75. The maximum atomic E-state index is 11.8. The smallest absolute Gasteiger partial charge is 0.243 e. The van der Waals surface area contributed by atoms with Gasteiger partial charge < -0.3 is 11.1 Å². The van der Waals surface area contributed by atoms with Gasteiger partial charge in [-0.05, 0) is 53.2 Å². The van der Waals surface area contributed by atoms with Crippen LogP contribution in [0.5, 0.6) is 0 Å². The molecule has 1 aromatic carbocycles. The van der Waals surface area contributed by atoms with Crippen molar-refractivity contribution in [2.75, 3.05) is 5.32 Å². The topological polar surface area (TPSA) is 55.1 Å². The number of rotatable bonds is 4. The van der Waals surface area contributed by atoms with Gasteiger partial charge in [-0.2, -0.15) is 0 Å². The third kappa shape index (κ3) is 2.06. The van der Waals surface area contributed by atoms with Crippen molar-refractivity contribution < 1.29 is 4.79 Å². The van der Waals surface area contributed by atoms with Gasteiger partial charge in [0.15, 0.2) is 0 Å². The minimum absolute atomic E-state index is 0.0336. The Labute approximate surface area is 110 Å². The summed E-state index contributed by atoms with van der Waals surface area (Å²) in [6, 6.07) is 7.76. The van der Waals surface area contributed by atoms with Crippen LogP contribution in [0, 0.1) is 5.41 Å². The fourth-order valence-corrected chi connectivity index (χ4v) is 2.41. The Bertz CT molecular complexity index is 456. The van der Waals surface area contributed by atoms with E-state index in [1.54, 1.807) is 0 Å². The molecule has 1 aromatic rings. The van der Waals surface area contributed by atoms with Crippen LogP contribution in [-0.4, -0.2) is 11.4 Å². The van der Waals surface area contributed by atoms with E-state index in [1.807, 2.05) is 31.2 Å². The lowest BCUT2D eigenvalue weighted by atomic mass is 9.83. The maximum absolute atomic E-state index is 11.8. The van der Waals surface area contributed by atoms with Gasteiger partial charge in [0.2, 0.25) is 5.91 Å². The molecule has 0 heterocycles. The van der Waals surface area contributed by atoms with Gasteiger partial charge >= 0.3 is 0 Å². The van der Waals surface area contributed by atoms with Crippen LogP contribution in [-0.2, 0) is 4.79 Å². The molecule has 1 atom stereocenters. The fraction of sp³-hybridized carbons (Fsp3) is 0.462. The Morgan fingerprint density at radius 2 is 2.06 bits per heavy atom. The lowest BCUT2D eigenvalue weighted by molar-refractivity contribution is -0.123. The van der Waals surface area contributed by atoms with E-state index in [2.05, 4.69) is 28.2 Å². The number of primary amides is 1. The Morgan fingerprint density at radius 1 is 1.47 bits per heavy atom. The number of nitrogens with one attached hydrogen (secondary N) is 1. The normalized spacial score (nSPS) is 20.4. The summed E-state index contributed by atoms with van der Waals surface area (Å²) < 4.78 is 0.941. The lowest BCUT2D eigenvalue weighted by Gasteiger charge is -2.35. The van der Waals surface area contributed by atoms with Crippen LogP contribution in [0.1, 0.15) is 26.7 Å². The monoisotopic (exact) mass is 296 g/mol. The molecule has 3 nitrogen and oxygen atoms in total. The van der Waals surface area contributed by atoms with E-state index < -0.39 is 5.54 Å². The zero-order valence-electron chi connectivity index (χ0n) is 10.1. The summed E-state index contributed by atoms with van der Waals surface area (Å²) in [6.07, 6.45) is 2.06. The first-order chi connectivity index (χ1) is 7.89. The van der Waals surface area contributed by atoms with E-state index in [-0.39, 0.29) is 11.3 Å². The highest BCUT2D eigenvalue weighted by molar-refractivity contribution is 9.10. The Morgan fingerprint density at radius 3 is 2.53 bits per heavy atom. The van der Waals surface area contributed by atoms with Crippen molar-refractivity contribution >= 4 is 27.5 Å². The van der Waals surface area contributed by atoms with Crippen LogP contribution in [0.4, 0.5) is 5.69 Å². The van der Waals surface area contributed by atoms with Crippen LogP contribution in [0.3, 0.4) is 0 Å². The van der Waals surface area contributed by atoms with Crippen LogP contribution in [0.15, 0.2) is 28.7 Å². The summed E-state index contributed by atoms with van der Waals surface area (Å²) in [5, 5.41) is 3.30. The molecule has 1 aliphatic rings. The van der Waals surface area contributed by atoms with E-state index in [1.165, 1.54) is 0 Å². The number of hydrogen-bond donors (Lipinski definition) is 2. The van der Waals surface area contributed by atoms with Crippen molar-refractivity contribution in [1.82, 2.24) is 0 Å². The number of benzene rings is 1. The van der Waals surface area contributed by atoms with E-state index in [4.69, 9.17) is 5.73 Å². The number of nitrogens with two attached hydrogens (primary N) is 1. The number of carbonyl (C=O) groups is 1. The number of halogens is 1. The largest absolute Gasteiger partial charge is 0.370 e. The molecule has 0 bridgehead atoms. The summed E-state index contributed by atoms with van der Waals surface area (Å²) >= 11 is 3.47. The Kier molecular flexibility index (Phi) is 2.94. The van der Waals surface area contributed by atoms with Crippen molar-refractivity contribution in [3.8, 4) is 0 Å². The van der Waals surface area contributed by atoms with E-state index in [0.29, 0.717) is 0 Å². The molecule has 0 radical (unpaired) electrons. The van der Waals surface area contributed by atoms with Gasteiger partial charge in [0.05, 0.1) is 0 Å². The standard InChI is InChI=1S/C13H17BrN2O/c1-12(7-8-12)13(2,11(15)17)16-10-6-4-3-5-9(10)14/h3-6,16H,7-8H2,1-2H3,(H2,15,17). The van der Waals surface area contributed by atoms with Crippen LogP contribution >= 0.6 is 15.9 Å². The molecule has 0 saturated heterocycles. The fourth-order valence-electron chi connectivity index (χ4n) is 2.03. The van der Waals surface area contributed by atoms with Gasteiger partial charge in [-0.3, -0.25) is 4.79 Å². The molecule has 1 amide bonds.